The van der Waals surface area contributed by atoms with Gasteiger partial charge in [0.1, 0.15) is 6.10 Å². The van der Waals surface area contributed by atoms with Crippen LogP contribution in [0.25, 0.3) is 16.5 Å². The highest BCUT2D eigenvalue weighted by Crippen LogP contribution is 2.71. The Kier molecular flexibility index (Phi) is 4.45. The lowest BCUT2D eigenvalue weighted by Crippen LogP contribution is -2.63. The number of aliphatic hydroxyl groups is 2. The lowest BCUT2D eigenvalue weighted by molar-refractivity contribution is -0.170. The summed E-state index contributed by atoms with van der Waals surface area (Å²) in [5, 5.41) is 30.6. The number of nitrogens with one attached hydrogen (secondary N) is 1. The molecule has 36 heavy (non-hydrogen) atoms. The molecule has 190 valence electrons. The van der Waals surface area contributed by atoms with Crippen LogP contribution in [-0.2, 0) is 4.74 Å². The molecule has 6 heteroatoms. The Morgan fingerprint density at radius 2 is 1.94 bits per heavy atom. The van der Waals surface area contributed by atoms with Gasteiger partial charge in [0.15, 0.2) is 0 Å². The lowest BCUT2D eigenvalue weighted by atomic mass is 9.49. The van der Waals surface area contributed by atoms with Crippen molar-refractivity contribution in [3.05, 3.63) is 59.3 Å². The number of aromatic nitrogens is 2. The number of rotatable bonds is 2. The van der Waals surface area contributed by atoms with Gasteiger partial charge in [-0.3, -0.25) is 5.10 Å². The number of hydrogen-bond acceptors (Lipinski definition) is 5. The monoisotopic (exact) mass is 487 g/mol. The molecule has 3 heterocycles. The molecular formula is C30H37N3O3. The van der Waals surface area contributed by atoms with E-state index < -0.39 is 17.8 Å². The summed E-state index contributed by atoms with van der Waals surface area (Å²) in [6.45, 7) is 7.13. The maximum Gasteiger partial charge on any atom is 0.105 e. The van der Waals surface area contributed by atoms with Crippen LogP contribution in [0.3, 0.4) is 0 Å². The molecule has 7 rings (SSSR count). The largest absolute Gasteiger partial charge is 0.388 e. The van der Waals surface area contributed by atoms with Gasteiger partial charge in [-0.2, -0.15) is 5.10 Å². The van der Waals surface area contributed by atoms with Crippen molar-refractivity contribution in [3.8, 4) is 0 Å². The van der Waals surface area contributed by atoms with Gasteiger partial charge in [-0.1, -0.05) is 45.1 Å². The molecule has 6 nitrogen and oxygen atoms in total. The minimum absolute atomic E-state index is 0.113. The van der Waals surface area contributed by atoms with E-state index in [1.807, 2.05) is 25.2 Å². The van der Waals surface area contributed by atoms with Crippen molar-refractivity contribution in [1.29, 1.82) is 0 Å². The van der Waals surface area contributed by atoms with Gasteiger partial charge in [-0.15, -0.1) is 0 Å². The molecule has 3 N–H and O–H groups in total. The van der Waals surface area contributed by atoms with Crippen LogP contribution in [0, 0.1) is 16.7 Å². The second-order valence-corrected chi connectivity index (χ2v) is 12.9. The van der Waals surface area contributed by atoms with Gasteiger partial charge >= 0.3 is 0 Å². The van der Waals surface area contributed by atoms with Gasteiger partial charge in [-0.25, -0.2) is 0 Å². The zero-order valence-corrected chi connectivity index (χ0v) is 21.9. The fourth-order valence-corrected chi connectivity index (χ4v) is 8.62. The third-order valence-electron chi connectivity index (χ3n) is 10.8. The smallest absolute Gasteiger partial charge is 0.105 e. The third kappa shape index (κ3) is 2.59. The summed E-state index contributed by atoms with van der Waals surface area (Å²) in [6.07, 6.45) is 10.8. The van der Waals surface area contributed by atoms with E-state index in [0.717, 1.165) is 35.7 Å². The van der Waals surface area contributed by atoms with Crippen LogP contribution in [0.15, 0.2) is 53.8 Å². The maximum absolute atomic E-state index is 11.3. The predicted molar refractivity (Wildman–Crippen MR) is 140 cm³/mol. The zero-order chi connectivity index (χ0) is 25.3. The van der Waals surface area contributed by atoms with E-state index in [9.17, 15) is 10.2 Å². The minimum atomic E-state index is -0.904. The normalized spacial score (nSPS) is 42.5. The van der Waals surface area contributed by atoms with Gasteiger partial charge in [0.05, 0.1) is 29.0 Å². The molecule has 2 spiro atoms. The number of allylic oxidation sites excluding steroid dienone is 3. The summed E-state index contributed by atoms with van der Waals surface area (Å²) in [6, 6.07) is 6.49. The minimum Gasteiger partial charge on any atom is -0.388 e. The Morgan fingerprint density at radius 3 is 2.72 bits per heavy atom. The number of H-pyrrole nitrogens is 1. The first-order valence-corrected chi connectivity index (χ1v) is 13.3. The average molecular weight is 488 g/mol. The number of likely N-dealkylation sites (N-methyl/N-ethyl adjacent to an activating group) is 1. The molecular weight excluding hydrogens is 450 g/mol. The SMILES string of the molecule is CN(C)C1CC23CCC4(O2)C(=CC(C)(C)C2(C)C(c5ccc6[nH]ncc6c5)=CCC42)C=C3C(O)C1O. The van der Waals surface area contributed by atoms with Crippen LogP contribution < -0.4 is 0 Å². The van der Waals surface area contributed by atoms with E-state index in [4.69, 9.17) is 4.74 Å². The van der Waals surface area contributed by atoms with Crippen molar-refractivity contribution in [3.63, 3.8) is 0 Å². The highest BCUT2D eigenvalue weighted by Gasteiger charge is 2.70. The van der Waals surface area contributed by atoms with Crippen LogP contribution in [0.2, 0.25) is 0 Å². The molecule has 2 fully saturated rings. The molecule has 7 unspecified atom stereocenters. The van der Waals surface area contributed by atoms with E-state index in [1.165, 1.54) is 16.7 Å². The average Bonchev–Trinajstić information content (AvgIpc) is 3.52. The van der Waals surface area contributed by atoms with E-state index in [-0.39, 0.29) is 22.5 Å². The number of nitrogens with zero attached hydrogens (tertiary/aromatic N) is 2. The topological polar surface area (TPSA) is 81.6 Å². The summed E-state index contributed by atoms with van der Waals surface area (Å²) < 4.78 is 7.31. The first kappa shape index (κ1) is 22.9. The van der Waals surface area contributed by atoms with Crippen molar-refractivity contribution in [2.75, 3.05) is 14.1 Å². The molecule has 7 atom stereocenters. The summed E-state index contributed by atoms with van der Waals surface area (Å²) in [7, 11) is 3.96. The first-order chi connectivity index (χ1) is 17.0. The third-order valence-corrected chi connectivity index (χ3v) is 10.8. The number of fused-ring (bicyclic) bond motifs is 2. The fraction of sp³-hybridized carbons (Fsp3) is 0.567. The Morgan fingerprint density at radius 1 is 1.14 bits per heavy atom. The van der Waals surface area contributed by atoms with Gasteiger partial charge in [0.2, 0.25) is 0 Å². The molecule has 2 aliphatic heterocycles. The van der Waals surface area contributed by atoms with Gasteiger partial charge in [0, 0.05) is 22.8 Å². The van der Waals surface area contributed by atoms with Crippen LogP contribution >= 0.6 is 0 Å². The van der Waals surface area contributed by atoms with Gasteiger partial charge in [0.25, 0.3) is 0 Å². The molecule has 1 aromatic carbocycles. The van der Waals surface area contributed by atoms with Crippen molar-refractivity contribution < 1.29 is 14.9 Å². The number of hydrogen-bond donors (Lipinski definition) is 3. The van der Waals surface area contributed by atoms with Crippen molar-refractivity contribution in [2.45, 2.75) is 75.9 Å². The van der Waals surface area contributed by atoms with Crippen LogP contribution in [0.5, 0.6) is 0 Å². The summed E-state index contributed by atoms with van der Waals surface area (Å²) in [5.41, 5.74) is 4.68. The first-order valence-electron chi connectivity index (χ1n) is 13.3. The second-order valence-electron chi connectivity index (χ2n) is 12.9. The zero-order valence-electron chi connectivity index (χ0n) is 21.9. The van der Waals surface area contributed by atoms with Crippen molar-refractivity contribution in [1.82, 2.24) is 15.1 Å². The Balaban J connectivity index is 1.37. The van der Waals surface area contributed by atoms with Crippen LogP contribution in [0.4, 0.5) is 0 Å². The molecule has 5 aliphatic rings. The molecule has 2 bridgehead atoms. The molecule has 1 saturated carbocycles. The molecule has 0 amide bonds. The Bertz CT molecular complexity index is 1370. The number of ether oxygens (including phenoxy) is 1. The highest BCUT2D eigenvalue weighted by molar-refractivity contribution is 5.85. The fourth-order valence-electron chi connectivity index (χ4n) is 8.62. The molecule has 0 radical (unpaired) electrons. The van der Waals surface area contributed by atoms with E-state index in [0.29, 0.717) is 12.3 Å². The number of aliphatic hydroxyl groups excluding tert-OH is 2. The van der Waals surface area contributed by atoms with Gasteiger partial charge < -0.3 is 19.8 Å². The summed E-state index contributed by atoms with van der Waals surface area (Å²) >= 11 is 0. The lowest BCUT2D eigenvalue weighted by Gasteiger charge is -2.60. The molecule has 1 saturated heterocycles. The summed E-state index contributed by atoms with van der Waals surface area (Å²) in [5.74, 6) is 0.300. The standard InChI is InChI=1S/C30H37N3O3/c1-27(2)14-19-13-21-25(34)26(35)23(33(4)5)15-29(21)10-11-30(19,36-29)24-9-7-20(28(24,27)3)17-6-8-22-18(12-17)16-31-32-22/h6-8,12-14,16,23-26,34-35H,9-11,15H2,1-5H3,(H,31,32). The Labute approximate surface area is 212 Å². The van der Waals surface area contributed by atoms with E-state index in [2.05, 4.69) is 67.4 Å². The molecule has 2 aromatic rings. The molecule has 1 aromatic heterocycles. The quantitative estimate of drug-likeness (QED) is 0.591. The van der Waals surface area contributed by atoms with E-state index >= 15 is 0 Å². The Hall–Kier alpha value is -2.25. The summed E-state index contributed by atoms with van der Waals surface area (Å²) in [4.78, 5) is 2.04. The van der Waals surface area contributed by atoms with Crippen LogP contribution in [0.1, 0.15) is 52.0 Å². The van der Waals surface area contributed by atoms with E-state index in [1.54, 1.807) is 0 Å². The highest BCUT2D eigenvalue weighted by atomic mass is 16.5. The number of aromatic amines is 1. The second kappa shape index (κ2) is 6.98. The van der Waals surface area contributed by atoms with Crippen LogP contribution in [-0.4, -0.2) is 68.9 Å². The van der Waals surface area contributed by atoms with Crippen molar-refractivity contribution in [2.24, 2.45) is 16.7 Å². The number of benzene rings is 1. The maximum atomic E-state index is 11.3. The van der Waals surface area contributed by atoms with Crippen molar-refractivity contribution >= 4 is 16.5 Å². The molecule has 3 aliphatic carbocycles. The van der Waals surface area contributed by atoms with Gasteiger partial charge in [-0.05, 0) is 79.6 Å². The predicted octanol–water partition coefficient (Wildman–Crippen LogP) is 4.22.